The molecule has 0 saturated heterocycles. The molecule has 1 atom stereocenters. The minimum Gasteiger partial charge on any atom is -0.314 e. The highest BCUT2D eigenvalue weighted by molar-refractivity contribution is 5.25. The monoisotopic (exact) mass is 290 g/mol. The van der Waals surface area contributed by atoms with Crippen LogP contribution in [-0.2, 0) is 5.41 Å². The summed E-state index contributed by atoms with van der Waals surface area (Å²) in [5, 5.41) is 3.64. The van der Waals surface area contributed by atoms with Gasteiger partial charge in [0, 0.05) is 31.1 Å². The van der Waals surface area contributed by atoms with Crippen LogP contribution in [0.15, 0.2) is 30.3 Å². The Morgan fingerprint density at radius 2 is 1.71 bits per heavy atom. The fraction of sp³-hybridized carbons (Fsp3) is 0.684. The summed E-state index contributed by atoms with van der Waals surface area (Å²) >= 11 is 0. The summed E-state index contributed by atoms with van der Waals surface area (Å²) in [5.41, 5.74) is 1.58. The van der Waals surface area contributed by atoms with E-state index in [1.807, 2.05) is 0 Å². The second-order valence-electron chi connectivity index (χ2n) is 7.18. The molecule has 1 unspecified atom stereocenters. The van der Waals surface area contributed by atoms with E-state index in [4.69, 9.17) is 0 Å². The Bertz CT molecular complexity index is 386. The zero-order valence-electron chi connectivity index (χ0n) is 14.8. The van der Waals surface area contributed by atoms with Crippen LogP contribution in [0.5, 0.6) is 0 Å². The highest BCUT2D eigenvalue weighted by Gasteiger charge is 2.29. The molecular weight excluding hydrogens is 256 g/mol. The predicted molar refractivity (Wildman–Crippen MR) is 93.9 cm³/mol. The molecule has 0 aliphatic rings. The van der Waals surface area contributed by atoms with Crippen LogP contribution in [0, 0.1) is 5.92 Å². The number of hydrogen-bond donors (Lipinski definition) is 1. The minimum atomic E-state index is 0.149. The van der Waals surface area contributed by atoms with Gasteiger partial charge in [0.2, 0.25) is 0 Å². The van der Waals surface area contributed by atoms with Gasteiger partial charge in [-0.2, -0.15) is 0 Å². The van der Waals surface area contributed by atoms with Crippen molar-refractivity contribution < 1.29 is 0 Å². The minimum absolute atomic E-state index is 0.149. The topological polar surface area (TPSA) is 15.3 Å². The molecular formula is C19H34N2. The normalized spacial score (nSPS) is 14.9. The van der Waals surface area contributed by atoms with Crippen molar-refractivity contribution in [2.75, 3.05) is 26.2 Å². The summed E-state index contributed by atoms with van der Waals surface area (Å²) in [4.78, 5) is 2.58. The van der Waals surface area contributed by atoms with Gasteiger partial charge in [-0.1, -0.05) is 71.9 Å². The molecule has 2 nitrogen and oxygen atoms in total. The Kier molecular flexibility index (Phi) is 7.41. The predicted octanol–water partition coefficient (Wildman–Crippen LogP) is 3.92. The summed E-state index contributed by atoms with van der Waals surface area (Å²) in [6, 6.07) is 11.5. The molecule has 0 fully saturated rings. The van der Waals surface area contributed by atoms with Gasteiger partial charge in [-0.15, -0.1) is 0 Å². The molecule has 21 heavy (non-hydrogen) atoms. The van der Waals surface area contributed by atoms with E-state index in [0.717, 1.165) is 19.6 Å². The van der Waals surface area contributed by atoms with Crippen molar-refractivity contribution in [3.8, 4) is 0 Å². The van der Waals surface area contributed by atoms with Gasteiger partial charge >= 0.3 is 0 Å². The molecule has 0 heterocycles. The van der Waals surface area contributed by atoms with Crippen molar-refractivity contribution in [2.45, 2.75) is 53.0 Å². The Morgan fingerprint density at radius 3 is 2.19 bits per heavy atom. The lowest BCUT2D eigenvalue weighted by molar-refractivity contribution is 0.198. The van der Waals surface area contributed by atoms with Crippen molar-refractivity contribution in [1.29, 1.82) is 0 Å². The smallest absolute Gasteiger partial charge is 0.0177 e. The lowest BCUT2D eigenvalue weighted by Crippen LogP contribution is -2.47. The van der Waals surface area contributed by atoms with Crippen molar-refractivity contribution in [1.82, 2.24) is 10.2 Å². The van der Waals surface area contributed by atoms with E-state index in [0.29, 0.717) is 12.0 Å². The largest absolute Gasteiger partial charge is 0.314 e. The van der Waals surface area contributed by atoms with Crippen molar-refractivity contribution in [3.05, 3.63) is 35.9 Å². The van der Waals surface area contributed by atoms with Crippen LogP contribution in [0.2, 0.25) is 0 Å². The Hall–Kier alpha value is -0.860. The van der Waals surface area contributed by atoms with Gasteiger partial charge in [-0.05, 0) is 18.0 Å². The maximum Gasteiger partial charge on any atom is 0.0177 e. The van der Waals surface area contributed by atoms with Crippen LogP contribution < -0.4 is 5.32 Å². The lowest BCUT2D eigenvalue weighted by atomic mass is 9.81. The fourth-order valence-electron chi connectivity index (χ4n) is 2.83. The summed E-state index contributed by atoms with van der Waals surface area (Å²) < 4.78 is 0. The number of nitrogens with zero attached hydrogens (tertiary/aromatic N) is 1. The molecule has 1 aromatic rings. The van der Waals surface area contributed by atoms with E-state index in [1.54, 1.807) is 0 Å². The highest BCUT2D eigenvalue weighted by Crippen LogP contribution is 2.25. The summed E-state index contributed by atoms with van der Waals surface area (Å²) in [6.07, 6.45) is 0. The third-order valence-corrected chi connectivity index (χ3v) is 4.01. The molecule has 2 heteroatoms. The van der Waals surface area contributed by atoms with E-state index in [9.17, 15) is 0 Å². The number of likely N-dealkylation sites (N-methyl/N-ethyl adjacent to an activating group) is 1. The maximum absolute atomic E-state index is 3.64. The highest BCUT2D eigenvalue weighted by atomic mass is 15.1. The van der Waals surface area contributed by atoms with Gasteiger partial charge in [-0.25, -0.2) is 0 Å². The average Bonchev–Trinajstić information content (AvgIpc) is 2.45. The summed E-state index contributed by atoms with van der Waals surface area (Å²) in [6.45, 7) is 18.1. The number of rotatable bonds is 9. The van der Waals surface area contributed by atoms with E-state index in [1.165, 1.54) is 12.1 Å². The van der Waals surface area contributed by atoms with Crippen LogP contribution >= 0.6 is 0 Å². The first-order valence-electron chi connectivity index (χ1n) is 8.38. The third-order valence-electron chi connectivity index (χ3n) is 4.01. The zero-order chi connectivity index (χ0) is 15.9. The molecule has 1 N–H and O–H groups in total. The van der Waals surface area contributed by atoms with Crippen LogP contribution in [0.4, 0.5) is 0 Å². The van der Waals surface area contributed by atoms with Gasteiger partial charge in [0.15, 0.2) is 0 Å². The molecule has 0 aliphatic carbocycles. The van der Waals surface area contributed by atoms with Crippen molar-refractivity contribution in [2.24, 2.45) is 5.92 Å². The van der Waals surface area contributed by atoms with Gasteiger partial charge in [0.25, 0.3) is 0 Å². The third kappa shape index (κ3) is 6.19. The number of hydrogen-bond acceptors (Lipinski definition) is 2. The lowest BCUT2D eigenvalue weighted by Gasteiger charge is -2.37. The molecule has 120 valence electrons. The molecule has 0 aromatic heterocycles. The maximum atomic E-state index is 3.64. The van der Waals surface area contributed by atoms with Crippen LogP contribution in [0.25, 0.3) is 0 Å². The van der Waals surface area contributed by atoms with E-state index in [2.05, 4.69) is 82.1 Å². The van der Waals surface area contributed by atoms with Crippen LogP contribution in [0.3, 0.4) is 0 Å². The molecule has 0 bridgehead atoms. The second kappa shape index (κ2) is 8.55. The first-order chi connectivity index (χ1) is 9.87. The molecule has 1 aromatic carbocycles. The first-order valence-corrected chi connectivity index (χ1v) is 8.38. The summed E-state index contributed by atoms with van der Waals surface area (Å²) in [5.74, 6) is 0.711. The van der Waals surface area contributed by atoms with Gasteiger partial charge in [0.1, 0.15) is 0 Å². The SMILES string of the molecule is CCN(CC(C)C)CC(C)(CNC(C)C)c1ccccc1. The van der Waals surface area contributed by atoms with Crippen LogP contribution in [0.1, 0.15) is 47.1 Å². The Balaban J connectivity index is 2.90. The first kappa shape index (κ1) is 18.2. The van der Waals surface area contributed by atoms with E-state index >= 15 is 0 Å². The standard InChI is InChI=1S/C19H34N2/c1-7-21(13-16(2)3)15-19(6,14-20-17(4)5)18-11-9-8-10-12-18/h8-12,16-17,20H,7,13-15H2,1-6H3. The molecule has 1 rings (SSSR count). The van der Waals surface area contributed by atoms with Crippen molar-refractivity contribution >= 4 is 0 Å². The molecule has 0 saturated carbocycles. The zero-order valence-corrected chi connectivity index (χ0v) is 14.8. The van der Waals surface area contributed by atoms with Crippen LogP contribution in [-0.4, -0.2) is 37.1 Å². The molecule has 0 radical (unpaired) electrons. The summed E-state index contributed by atoms with van der Waals surface area (Å²) in [7, 11) is 0. The van der Waals surface area contributed by atoms with E-state index < -0.39 is 0 Å². The van der Waals surface area contributed by atoms with Gasteiger partial charge in [-0.3, -0.25) is 0 Å². The fourth-order valence-corrected chi connectivity index (χ4v) is 2.83. The molecule has 0 amide bonds. The van der Waals surface area contributed by atoms with Gasteiger partial charge < -0.3 is 10.2 Å². The quantitative estimate of drug-likeness (QED) is 0.741. The molecule has 0 aliphatic heterocycles. The van der Waals surface area contributed by atoms with E-state index in [-0.39, 0.29) is 5.41 Å². The molecule has 0 spiro atoms. The van der Waals surface area contributed by atoms with Crippen molar-refractivity contribution in [3.63, 3.8) is 0 Å². The average molecular weight is 290 g/mol. The Morgan fingerprint density at radius 1 is 1.10 bits per heavy atom. The van der Waals surface area contributed by atoms with Gasteiger partial charge in [0.05, 0.1) is 0 Å². The second-order valence-corrected chi connectivity index (χ2v) is 7.18. The Labute approximate surface area is 131 Å². The number of nitrogens with one attached hydrogen (secondary N) is 1. The number of benzene rings is 1.